The fourth-order valence-electron chi connectivity index (χ4n) is 4.28. The third-order valence-corrected chi connectivity index (χ3v) is 5.17. The second kappa shape index (κ2) is 6.42. The molecule has 1 aliphatic rings. The monoisotopic (exact) mass is 391 g/mol. The summed E-state index contributed by atoms with van der Waals surface area (Å²) in [6.07, 6.45) is 0. The summed E-state index contributed by atoms with van der Waals surface area (Å²) >= 11 is 0. The Morgan fingerprint density at radius 1 is 0.750 bits per heavy atom. The molecule has 28 heavy (non-hydrogen) atoms. The van der Waals surface area contributed by atoms with E-state index in [9.17, 15) is 9.59 Å². The number of methoxy groups -OCH3 is 2. The number of hydrogen-bond donors (Lipinski definition) is 0. The predicted molar refractivity (Wildman–Crippen MR) is 106 cm³/mol. The molecule has 0 aromatic carbocycles. The number of carbonyl (C=O) groups excluding carboxylic acids is 2. The van der Waals surface area contributed by atoms with E-state index in [-0.39, 0.29) is 27.6 Å². The second-order valence-corrected chi connectivity index (χ2v) is 10.4. The van der Waals surface area contributed by atoms with Gasteiger partial charge in [0, 0.05) is 0 Å². The number of ether oxygens (including phenoxy) is 2. The van der Waals surface area contributed by atoms with Crippen molar-refractivity contribution in [3.63, 3.8) is 0 Å². The molecule has 0 aliphatic heterocycles. The number of carbonyl (C=O) groups is 2. The first kappa shape index (κ1) is 22.1. The molecule has 2 rings (SSSR count). The molecule has 0 saturated carbocycles. The van der Waals surface area contributed by atoms with Crippen molar-refractivity contribution in [2.75, 3.05) is 14.2 Å². The van der Waals surface area contributed by atoms with Crippen LogP contribution in [0.2, 0.25) is 0 Å². The minimum atomic E-state index is -0.717. The molecule has 7 heteroatoms. The number of rotatable bonds is 3. The van der Waals surface area contributed by atoms with Crippen molar-refractivity contribution in [1.29, 1.82) is 0 Å². The Kier molecular flexibility index (Phi) is 5.07. The third kappa shape index (κ3) is 3.14. The minimum Gasteiger partial charge on any atom is -0.464 e. The molecular weight excluding hydrogens is 358 g/mol. The van der Waals surface area contributed by atoms with E-state index in [1.807, 2.05) is 0 Å². The number of nitrogens with zero attached hydrogens (tertiary/aromatic N) is 3. The van der Waals surface area contributed by atoms with Gasteiger partial charge in [0.15, 0.2) is 0 Å². The molecule has 0 spiro atoms. The van der Waals surface area contributed by atoms with Crippen molar-refractivity contribution in [2.45, 2.75) is 67.9 Å². The second-order valence-electron chi connectivity index (χ2n) is 10.4. The first-order valence-corrected chi connectivity index (χ1v) is 9.45. The van der Waals surface area contributed by atoms with E-state index in [0.717, 1.165) is 0 Å². The molecule has 1 aromatic rings. The molecule has 1 aromatic heterocycles. The van der Waals surface area contributed by atoms with Gasteiger partial charge in [-0.1, -0.05) is 62.3 Å². The Hall–Kier alpha value is -2.18. The van der Waals surface area contributed by atoms with Crippen LogP contribution in [-0.4, -0.2) is 41.2 Å². The van der Waals surface area contributed by atoms with Gasteiger partial charge in [0.25, 0.3) is 0 Å². The van der Waals surface area contributed by atoms with Gasteiger partial charge >= 0.3 is 11.9 Å². The van der Waals surface area contributed by atoms with Crippen molar-refractivity contribution in [3.05, 3.63) is 22.5 Å². The zero-order valence-corrected chi connectivity index (χ0v) is 19.0. The Morgan fingerprint density at radius 3 is 1.29 bits per heavy atom. The van der Waals surface area contributed by atoms with Gasteiger partial charge < -0.3 is 9.47 Å². The van der Waals surface area contributed by atoms with Crippen molar-refractivity contribution in [1.82, 2.24) is 15.0 Å². The Balaban J connectivity index is 2.83. The molecule has 1 aliphatic carbocycles. The van der Waals surface area contributed by atoms with E-state index < -0.39 is 17.5 Å². The van der Waals surface area contributed by atoms with Gasteiger partial charge in [-0.25, -0.2) is 9.59 Å². The highest BCUT2D eigenvalue weighted by atomic mass is 16.5. The highest BCUT2D eigenvalue weighted by molar-refractivity contribution is 6.00. The van der Waals surface area contributed by atoms with Crippen LogP contribution in [0, 0.1) is 16.2 Å². The molecule has 0 radical (unpaired) electrons. The summed E-state index contributed by atoms with van der Waals surface area (Å²) in [6.45, 7) is 19.3. The highest BCUT2D eigenvalue weighted by Gasteiger charge is 2.68. The van der Waals surface area contributed by atoms with Gasteiger partial charge in [-0.3, -0.25) is 0 Å². The maximum atomic E-state index is 12.3. The van der Waals surface area contributed by atoms with E-state index in [1.165, 1.54) is 30.2 Å². The first-order chi connectivity index (χ1) is 12.5. The number of hydrogen-bond acceptors (Lipinski definition) is 6. The van der Waals surface area contributed by atoms with Crippen LogP contribution in [0.25, 0.3) is 0 Å². The molecule has 0 fully saturated rings. The highest BCUT2D eigenvalue weighted by Crippen LogP contribution is 2.70. The van der Waals surface area contributed by atoms with Crippen molar-refractivity contribution in [3.8, 4) is 0 Å². The van der Waals surface area contributed by atoms with Crippen LogP contribution >= 0.6 is 0 Å². The van der Waals surface area contributed by atoms with E-state index in [4.69, 9.17) is 9.47 Å². The number of esters is 2. The fraction of sp³-hybridized carbons (Fsp3) is 0.714. The van der Waals surface area contributed by atoms with Crippen molar-refractivity contribution in [2.24, 2.45) is 16.2 Å². The molecule has 0 bridgehead atoms. The Bertz CT molecular complexity index is 785. The lowest BCUT2D eigenvalue weighted by Gasteiger charge is -2.38. The molecule has 1 heterocycles. The lowest BCUT2D eigenvalue weighted by Crippen LogP contribution is -2.42. The van der Waals surface area contributed by atoms with E-state index in [2.05, 4.69) is 72.5 Å². The summed E-state index contributed by atoms with van der Waals surface area (Å²) < 4.78 is 9.63. The first-order valence-electron chi connectivity index (χ1n) is 9.45. The maximum absolute atomic E-state index is 12.3. The van der Waals surface area contributed by atoms with Crippen LogP contribution in [0.15, 0.2) is 11.1 Å². The zero-order valence-electron chi connectivity index (χ0n) is 19.0. The van der Waals surface area contributed by atoms with E-state index in [1.54, 1.807) is 0 Å². The predicted octanol–water partition coefficient (Wildman–Crippen LogP) is 4.00. The number of aromatic nitrogens is 3. The van der Waals surface area contributed by atoms with Gasteiger partial charge in [-0.15, -0.1) is 10.2 Å². The standard InChI is InChI=1S/C21H33N3O4/c1-18(2,3)14-15(19(4,5)6)21(14,20(7,8)9)24-22-12(16(25)27-10)13(23-24)17(26)28-11/h1-11H3. The molecule has 0 saturated heterocycles. The van der Waals surface area contributed by atoms with Gasteiger partial charge in [0.1, 0.15) is 5.54 Å². The van der Waals surface area contributed by atoms with Gasteiger partial charge in [-0.05, 0) is 27.4 Å². The Labute approximate surface area is 167 Å². The van der Waals surface area contributed by atoms with Crippen molar-refractivity contribution >= 4 is 11.9 Å². The van der Waals surface area contributed by atoms with E-state index >= 15 is 0 Å². The van der Waals surface area contributed by atoms with Crippen molar-refractivity contribution < 1.29 is 19.1 Å². The van der Waals surface area contributed by atoms with Crippen LogP contribution < -0.4 is 0 Å². The smallest absolute Gasteiger partial charge is 0.361 e. The molecule has 7 nitrogen and oxygen atoms in total. The summed E-state index contributed by atoms with van der Waals surface area (Å²) in [5, 5.41) is 8.93. The van der Waals surface area contributed by atoms with Crippen LogP contribution in [-0.2, 0) is 15.0 Å². The fourth-order valence-corrected chi connectivity index (χ4v) is 4.28. The molecule has 156 valence electrons. The lowest BCUT2D eigenvalue weighted by molar-refractivity contribution is 0.0548. The molecule has 0 unspecified atom stereocenters. The third-order valence-electron chi connectivity index (χ3n) is 5.17. The topological polar surface area (TPSA) is 83.3 Å². The minimum absolute atomic E-state index is 0.133. The number of allylic oxidation sites excluding steroid dienone is 2. The van der Waals surface area contributed by atoms with Gasteiger partial charge in [-0.2, -0.15) is 4.80 Å². The van der Waals surface area contributed by atoms with Gasteiger partial charge in [0.05, 0.1) is 14.2 Å². The SMILES string of the molecule is COC(=O)c1nn(C2(C(C)(C)C)C(C(C)(C)C)=C2C(C)(C)C)nc1C(=O)OC. The average Bonchev–Trinajstić information content (AvgIpc) is 3.13. The lowest BCUT2D eigenvalue weighted by atomic mass is 9.72. The zero-order chi connectivity index (χ0) is 21.9. The van der Waals surface area contributed by atoms with Gasteiger partial charge in [0.2, 0.25) is 11.4 Å². The van der Waals surface area contributed by atoms with E-state index in [0.29, 0.717) is 0 Å². The quantitative estimate of drug-likeness (QED) is 0.572. The normalized spacial score (nSPS) is 16.8. The van der Waals surface area contributed by atoms with Crippen LogP contribution in [0.1, 0.15) is 83.3 Å². The summed E-state index contributed by atoms with van der Waals surface area (Å²) in [7, 11) is 2.50. The molecule has 0 N–H and O–H groups in total. The largest absolute Gasteiger partial charge is 0.464 e. The summed E-state index contributed by atoms with van der Waals surface area (Å²) in [4.78, 5) is 26.1. The summed E-state index contributed by atoms with van der Waals surface area (Å²) in [5.74, 6) is -1.43. The maximum Gasteiger partial charge on any atom is 0.361 e. The van der Waals surface area contributed by atoms with Crippen LogP contribution in [0.4, 0.5) is 0 Å². The average molecular weight is 392 g/mol. The Morgan fingerprint density at radius 2 is 1.07 bits per heavy atom. The van der Waals surface area contributed by atoms with Crippen LogP contribution in [0.3, 0.4) is 0 Å². The summed E-state index contributed by atoms with van der Waals surface area (Å²) in [5.41, 5.74) is 0.987. The molecule has 0 amide bonds. The van der Waals surface area contributed by atoms with Crippen LogP contribution in [0.5, 0.6) is 0 Å². The molecule has 0 atom stereocenters. The summed E-state index contributed by atoms with van der Waals surface area (Å²) in [6, 6.07) is 0. The molecular formula is C21H33N3O4.